The minimum atomic E-state index is -0.902. The maximum atomic E-state index is 12.5. The van der Waals surface area contributed by atoms with Crippen molar-refractivity contribution < 1.29 is 14.7 Å². The number of aromatic nitrogens is 1. The van der Waals surface area contributed by atoms with E-state index in [1.54, 1.807) is 0 Å². The molecule has 1 fully saturated rings. The lowest BCUT2D eigenvalue weighted by molar-refractivity contribution is -0.152. The van der Waals surface area contributed by atoms with E-state index < -0.39 is 12.0 Å². The molecule has 5 nitrogen and oxygen atoms in total. The Hall–Kier alpha value is -2.30. The molecular formula is C16H18N2O3. The number of nitrogens with zero attached hydrogens (tertiary/aromatic N) is 2. The lowest BCUT2D eigenvalue weighted by Crippen LogP contribution is -2.49. The Bertz CT molecular complexity index is 677. The summed E-state index contributed by atoms with van der Waals surface area (Å²) in [6.07, 6.45) is 4.17. The van der Waals surface area contributed by atoms with E-state index in [4.69, 9.17) is 0 Å². The molecule has 0 unspecified atom stereocenters. The van der Waals surface area contributed by atoms with E-state index in [9.17, 15) is 14.7 Å². The first kappa shape index (κ1) is 13.7. The highest BCUT2D eigenvalue weighted by molar-refractivity contribution is 5.86. The van der Waals surface area contributed by atoms with E-state index in [0.29, 0.717) is 13.0 Å². The molecule has 1 aromatic carbocycles. The van der Waals surface area contributed by atoms with Gasteiger partial charge >= 0.3 is 5.97 Å². The van der Waals surface area contributed by atoms with Crippen LogP contribution in [0.5, 0.6) is 0 Å². The van der Waals surface area contributed by atoms with Gasteiger partial charge in [-0.25, -0.2) is 4.79 Å². The van der Waals surface area contributed by atoms with Crippen molar-refractivity contribution in [1.29, 1.82) is 0 Å². The van der Waals surface area contributed by atoms with Crippen molar-refractivity contribution >= 4 is 22.8 Å². The van der Waals surface area contributed by atoms with Crippen LogP contribution in [0, 0.1) is 0 Å². The number of para-hydroxylation sites is 1. The van der Waals surface area contributed by atoms with Crippen LogP contribution in [0.2, 0.25) is 0 Å². The van der Waals surface area contributed by atoms with E-state index in [0.717, 1.165) is 23.7 Å². The number of hydrogen-bond donors (Lipinski definition) is 1. The van der Waals surface area contributed by atoms with Crippen molar-refractivity contribution in [2.45, 2.75) is 31.8 Å². The first-order valence-corrected chi connectivity index (χ1v) is 7.23. The molecule has 2 heterocycles. The van der Waals surface area contributed by atoms with Crippen LogP contribution in [0.3, 0.4) is 0 Å². The number of carboxylic acids is 1. The second-order valence-electron chi connectivity index (χ2n) is 5.44. The van der Waals surface area contributed by atoms with Crippen molar-refractivity contribution in [2.75, 3.05) is 6.54 Å². The molecule has 1 amide bonds. The highest BCUT2D eigenvalue weighted by Crippen LogP contribution is 2.19. The van der Waals surface area contributed by atoms with Crippen LogP contribution in [0.25, 0.3) is 10.9 Å². The fourth-order valence-electron chi connectivity index (χ4n) is 3.00. The zero-order chi connectivity index (χ0) is 14.8. The van der Waals surface area contributed by atoms with Crippen LogP contribution < -0.4 is 0 Å². The highest BCUT2D eigenvalue weighted by atomic mass is 16.4. The summed E-state index contributed by atoms with van der Waals surface area (Å²) in [6, 6.07) is 9.15. The predicted molar refractivity (Wildman–Crippen MR) is 78.9 cm³/mol. The Kier molecular flexibility index (Phi) is 3.64. The second kappa shape index (κ2) is 5.60. The Balaban J connectivity index is 1.80. The van der Waals surface area contributed by atoms with Crippen LogP contribution >= 0.6 is 0 Å². The molecule has 3 rings (SSSR count). The quantitative estimate of drug-likeness (QED) is 0.940. The van der Waals surface area contributed by atoms with E-state index in [-0.39, 0.29) is 12.5 Å². The number of carboxylic acid groups (broad SMARTS) is 1. The number of aliphatic carboxylic acids is 1. The average molecular weight is 286 g/mol. The summed E-state index contributed by atoms with van der Waals surface area (Å²) in [4.78, 5) is 25.3. The third kappa shape index (κ3) is 2.63. The summed E-state index contributed by atoms with van der Waals surface area (Å²) in [5, 5.41) is 10.3. The van der Waals surface area contributed by atoms with Crippen LogP contribution in [-0.2, 0) is 16.1 Å². The first-order valence-electron chi connectivity index (χ1n) is 7.23. The maximum Gasteiger partial charge on any atom is 0.326 e. The molecular weight excluding hydrogens is 268 g/mol. The molecule has 0 saturated carbocycles. The van der Waals surface area contributed by atoms with Crippen molar-refractivity contribution in [3.8, 4) is 0 Å². The molecule has 1 atom stereocenters. The molecule has 0 radical (unpaired) electrons. The van der Waals surface area contributed by atoms with Gasteiger partial charge < -0.3 is 14.6 Å². The molecule has 0 bridgehead atoms. The number of rotatable bonds is 3. The Morgan fingerprint density at radius 1 is 1.19 bits per heavy atom. The largest absolute Gasteiger partial charge is 0.480 e. The smallest absolute Gasteiger partial charge is 0.326 e. The fourth-order valence-corrected chi connectivity index (χ4v) is 3.00. The summed E-state index contributed by atoms with van der Waals surface area (Å²) in [5.41, 5.74) is 0.995. The summed E-state index contributed by atoms with van der Waals surface area (Å²) in [7, 11) is 0. The minimum absolute atomic E-state index is 0.122. The van der Waals surface area contributed by atoms with Gasteiger partial charge in [-0.3, -0.25) is 4.79 Å². The van der Waals surface area contributed by atoms with Crippen LogP contribution in [0.15, 0.2) is 36.5 Å². The maximum absolute atomic E-state index is 12.5. The molecule has 110 valence electrons. The number of amides is 1. The molecule has 1 aliphatic heterocycles. The molecule has 5 heteroatoms. The normalized spacial score (nSPS) is 18.9. The Labute approximate surface area is 122 Å². The molecule has 1 N–H and O–H groups in total. The van der Waals surface area contributed by atoms with Crippen molar-refractivity contribution in [2.24, 2.45) is 0 Å². The predicted octanol–water partition coefficient (Wildman–Crippen LogP) is 2.11. The molecule has 0 aliphatic carbocycles. The molecule has 2 aromatic rings. The van der Waals surface area contributed by atoms with Gasteiger partial charge in [0.25, 0.3) is 0 Å². The van der Waals surface area contributed by atoms with Crippen molar-refractivity contribution in [1.82, 2.24) is 9.47 Å². The number of hydrogen-bond acceptors (Lipinski definition) is 2. The number of fused-ring (bicyclic) bond motifs is 1. The van der Waals surface area contributed by atoms with Gasteiger partial charge in [0.05, 0.1) is 0 Å². The zero-order valence-electron chi connectivity index (χ0n) is 11.7. The molecule has 0 spiro atoms. The third-order valence-corrected chi connectivity index (χ3v) is 4.09. The topological polar surface area (TPSA) is 62.5 Å². The number of likely N-dealkylation sites (tertiary alicyclic amines) is 1. The van der Waals surface area contributed by atoms with Crippen molar-refractivity contribution in [3.63, 3.8) is 0 Å². The number of carbonyl (C=O) groups excluding carboxylic acids is 1. The summed E-state index contributed by atoms with van der Waals surface area (Å²) in [6.45, 7) is 0.728. The lowest BCUT2D eigenvalue weighted by Gasteiger charge is -2.33. The zero-order valence-corrected chi connectivity index (χ0v) is 11.7. The van der Waals surface area contributed by atoms with E-state index in [2.05, 4.69) is 0 Å². The van der Waals surface area contributed by atoms with E-state index >= 15 is 0 Å². The number of piperidine rings is 1. The monoisotopic (exact) mass is 286 g/mol. The van der Waals surface area contributed by atoms with Gasteiger partial charge in [0.2, 0.25) is 5.91 Å². The summed E-state index contributed by atoms with van der Waals surface area (Å²) < 4.78 is 1.88. The molecule has 1 saturated heterocycles. The standard InChI is InChI=1S/C16H18N2O3/c19-15(18-9-4-3-7-14(18)16(20)21)11-17-10-8-12-5-1-2-6-13(12)17/h1-2,5-6,8,10,14H,3-4,7,9,11H2,(H,20,21)/t14-/m1/s1. The van der Waals surface area contributed by atoms with Crippen LogP contribution in [0.1, 0.15) is 19.3 Å². The summed E-state index contributed by atoms with van der Waals surface area (Å²) in [5.74, 6) is -1.02. The van der Waals surface area contributed by atoms with Crippen LogP contribution in [0.4, 0.5) is 0 Å². The fraction of sp³-hybridized carbons (Fsp3) is 0.375. The Morgan fingerprint density at radius 3 is 2.81 bits per heavy atom. The number of benzene rings is 1. The van der Waals surface area contributed by atoms with Gasteiger partial charge in [-0.2, -0.15) is 0 Å². The van der Waals surface area contributed by atoms with Gasteiger partial charge in [0.15, 0.2) is 0 Å². The Morgan fingerprint density at radius 2 is 2.00 bits per heavy atom. The molecule has 1 aromatic heterocycles. The second-order valence-corrected chi connectivity index (χ2v) is 5.44. The number of carbonyl (C=O) groups is 2. The average Bonchev–Trinajstić information content (AvgIpc) is 2.90. The summed E-state index contributed by atoms with van der Waals surface area (Å²) >= 11 is 0. The van der Waals surface area contributed by atoms with Gasteiger partial charge in [-0.15, -0.1) is 0 Å². The SMILES string of the molecule is O=C(O)[C@H]1CCCCN1C(=O)Cn1ccc2ccccc21. The van der Waals surface area contributed by atoms with Crippen molar-refractivity contribution in [3.05, 3.63) is 36.5 Å². The van der Waals surface area contributed by atoms with E-state index in [1.165, 1.54) is 4.90 Å². The third-order valence-electron chi connectivity index (χ3n) is 4.09. The van der Waals surface area contributed by atoms with Gasteiger partial charge in [-0.05, 0) is 36.8 Å². The minimum Gasteiger partial charge on any atom is -0.480 e. The van der Waals surface area contributed by atoms with Gasteiger partial charge in [0, 0.05) is 18.3 Å². The van der Waals surface area contributed by atoms with Gasteiger partial charge in [-0.1, -0.05) is 18.2 Å². The van der Waals surface area contributed by atoms with Gasteiger partial charge in [0.1, 0.15) is 12.6 Å². The van der Waals surface area contributed by atoms with E-state index in [1.807, 2.05) is 41.1 Å². The van der Waals surface area contributed by atoms with Crippen LogP contribution in [-0.4, -0.2) is 39.0 Å². The highest BCUT2D eigenvalue weighted by Gasteiger charge is 2.31. The lowest BCUT2D eigenvalue weighted by atomic mass is 10.0. The molecule has 1 aliphatic rings. The first-order chi connectivity index (χ1) is 10.2. The molecule has 21 heavy (non-hydrogen) atoms.